The fraction of sp³-hybridized carbons (Fsp3) is 0.296. The summed E-state index contributed by atoms with van der Waals surface area (Å²) in [6, 6.07) is 24.4. The molecule has 1 saturated heterocycles. The lowest BCUT2D eigenvalue weighted by atomic mass is 10.0. The van der Waals surface area contributed by atoms with Crippen molar-refractivity contribution in [1.82, 2.24) is 0 Å². The monoisotopic (exact) mass is 479 g/mol. The van der Waals surface area contributed by atoms with Gasteiger partial charge in [0.05, 0.1) is 25.4 Å². The van der Waals surface area contributed by atoms with Gasteiger partial charge in [0, 0.05) is 34.7 Å². The molecule has 3 aromatic carbocycles. The van der Waals surface area contributed by atoms with Crippen LogP contribution in [0, 0.1) is 0 Å². The summed E-state index contributed by atoms with van der Waals surface area (Å²) < 4.78 is 12.6. The third-order valence-electron chi connectivity index (χ3n) is 5.63. The average molecular weight is 480 g/mol. The highest BCUT2D eigenvalue weighted by atomic mass is 32.2. The van der Waals surface area contributed by atoms with Crippen molar-refractivity contribution in [3.8, 4) is 0 Å². The van der Waals surface area contributed by atoms with Gasteiger partial charge in [0.15, 0.2) is 6.29 Å². The molecular weight excluding hydrogens is 450 g/mol. The Balaban J connectivity index is 1.47. The molecule has 7 heteroatoms. The van der Waals surface area contributed by atoms with Crippen LogP contribution in [-0.4, -0.2) is 40.3 Å². The first-order valence-electron chi connectivity index (χ1n) is 11.3. The largest absolute Gasteiger partial charge is 0.396 e. The number of aliphatic hydroxyl groups is 2. The van der Waals surface area contributed by atoms with Crippen molar-refractivity contribution in [3.05, 3.63) is 101 Å². The standard InChI is InChI=1S/C27H29NO5S/c29-14-15-34-18-24-16-25(20-8-6-19(17-30)7-9-20)33-27(32-24)22-10-12-23(13-11-22)28-26(31)21-4-2-1-3-5-21/h1-13,24-25,27,29-30H,14-18H2,(H,28,31)/t24-,25+,27+/m1/s1. The molecule has 0 radical (unpaired) electrons. The number of ether oxygens (including phenoxy) is 2. The second kappa shape index (κ2) is 12.1. The molecule has 0 aromatic heterocycles. The second-order valence-corrected chi connectivity index (χ2v) is 9.24. The molecule has 0 saturated carbocycles. The van der Waals surface area contributed by atoms with E-state index in [0.29, 0.717) is 23.4 Å². The third kappa shape index (κ3) is 6.46. The van der Waals surface area contributed by atoms with Gasteiger partial charge in [-0.05, 0) is 35.4 Å². The van der Waals surface area contributed by atoms with Crippen molar-refractivity contribution in [2.24, 2.45) is 0 Å². The lowest BCUT2D eigenvalue weighted by Crippen LogP contribution is -2.31. The van der Waals surface area contributed by atoms with Gasteiger partial charge in [-0.3, -0.25) is 4.79 Å². The molecule has 1 heterocycles. The van der Waals surface area contributed by atoms with Crippen LogP contribution in [0.1, 0.15) is 45.9 Å². The fourth-order valence-corrected chi connectivity index (χ4v) is 4.59. The van der Waals surface area contributed by atoms with E-state index in [1.165, 1.54) is 0 Å². The zero-order valence-corrected chi connectivity index (χ0v) is 19.6. The minimum Gasteiger partial charge on any atom is -0.396 e. The number of nitrogens with one attached hydrogen (secondary N) is 1. The Kier molecular flexibility index (Phi) is 8.73. The summed E-state index contributed by atoms with van der Waals surface area (Å²) in [5.41, 5.74) is 4.06. The first-order chi connectivity index (χ1) is 16.7. The molecule has 1 aliphatic rings. The molecule has 0 unspecified atom stereocenters. The number of amides is 1. The maximum absolute atomic E-state index is 12.4. The number of rotatable bonds is 9. The Morgan fingerprint density at radius 2 is 1.62 bits per heavy atom. The Hall–Kier alpha value is -2.68. The quantitative estimate of drug-likeness (QED) is 0.386. The molecule has 4 rings (SSSR count). The van der Waals surface area contributed by atoms with Gasteiger partial charge in [-0.1, -0.05) is 54.6 Å². The number of benzene rings is 3. The lowest BCUT2D eigenvalue weighted by molar-refractivity contribution is -0.245. The smallest absolute Gasteiger partial charge is 0.255 e. The van der Waals surface area contributed by atoms with Crippen molar-refractivity contribution < 1.29 is 24.5 Å². The van der Waals surface area contributed by atoms with E-state index in [1.807, 2.05) is 66.7 Å². The number of hydrogen-bond acceptors (Lipinski definition) is 6. The highest BCUT2D eigenvalue weighted by molar-refractivity contribution is 7.99. The maximum Gasteiger partial charge on any atom is 0.255 e. The number of aliphatic hydroxyl groups excluding tert-OH is 2. The summed E-state index contributed by atoms with van der Waals surface area (Å²) in [7, 11) is 0. The number of hydrogen-bond donors (Lipinski definition) is 3. The molecule has 34 heavy (non-hydrogen) atoms. The van der Waals surface area contributed by atoms with Gasteiger partial charge in [0.1, 0.15) is 0 Å². The Bertz CT molecular complexity index is 1040. The molecule has 6 nitrogen and oxygen atoms in total. The zero-order valence-electron chi connectivity index (χ0n) is 18.8. The van der Waals surface area contributed by atoms with Crippen LogP contribution in [0.2, 0.25) is 0 Å². The molecule has 0 bridgehead atoms. The number of carbonyl (C=O) groups excluding carboxylic acids is 1. The van der Waals surface area contributed by atoms with E-state index in [-0.39, 0.29) is 31.3 Å². The number of thioether (sulfide) groups is 1. The van der Waals surface area contributed by atoms with Crippen LogP contribution in [0.4, 0.5) is 5.69 Å². The average Bonchev–Trinajstić information content (AvgIpc) is 2.89. The second-order valence-electron chi connectivity index (χ2n) is 8.09. The zero-order chi connectivity index (χ0) is 23.8. The van der Waals surface area contributed by atoms with E-state index < -0.39 is 6.29 Å². The minimum atomic E-state index is -0.546. The van der Waals surface area contributed by atoms with Crippen molar-refractivity contribution in [3.63, 3.8) is 0 Å². The van der Waals surface area contributed by atoms with Crippen molar-refractivity contribution in [2.45, 2.75) is 31.5 Å². The van der Waals surface area contributed by atoms with Crippen LogP contribution >= 0.6 is 11.8 Å². The highest BCUT2D eigenvalue weighted by Gasteiger charge is 2.32. The summed E-state index contributed by atoms with van der Waals surface area (Å²) in [5, 5.41) is 21.4. The topological polar surface area (TPSA) is 88.0 Å². The Labute approximate surface area is 203 Å². The summed E-state index contributed by atoms with van der Waals surface area (Å²) in [5.74, 6) is 1.26. The van der Waals surface area contributed by atoms with Crippen molar-refractivity contribution >= 4 is 23.4 Å². The van der Waals surface area contributed by atoms with Crippen LogP contribution in [-0.2, 0) is 16.1 Å². The maximum atomic E-state index is 12.4. The van der Waals surface area contributed by atoms with E-state index in [0.717, 1.165) is 22.4 Å². The number of carbonyl (C=O) groups is 1. The minimum absolute atomic E-state index is 0.00508. The normalized spacial score (nSPS) is 20.1. The molecule has 3 aromatic rings. The summed E-state index contributed by atoms with van der Waals surface area (Å²) in [6.45, 7) is 0.144. The predicted octanol–water partition coefficient (Wildman–Crippen LogP) is 4.70. The summed E-state index contributed by atoms with van der Waals surface area (Å²) in [4.78, 5) is 12.4. The van der Waals surface area contributed by atoms with Gasteiger partial charge in [-0.25, -0.2) is 0 Å². The van der Waals surface area contributed by atoms with Gasteiger partial charge < -0.3 is 25.0 Å². The molecular formula is C27H29NO5S. The van der Waals surface area contributed by atoms with Crippen molar-refractivity contribution in [2.75, 3.05) is 23.4 Å². The third-order valence-corrected chi connectivity index (χ3v) is 6.71. The molecule has 178 valence electrons. The first-order valence-corrected chi connectivity index (χ1v) is 12.5. The van der Waals surface area contributed by atoms with E-state index in [2.05, 4.69) is 5.32 Å². The SMILES string of the molecule is O=C(Nc1ccc([C@H]2O[C@@H](CSCCO)C[C@@H](c3ccc(CO)cc3)O2)cc1)c1ccccc1. The predicted molar refractivity (Wildman–Crippen MR) is 134 cm³/mol. The Morgan fingerprint density at radius 1 is 0.912 bits per heavy atom. The molecule has 3 atom stereocenters. The fourth-order valence-electron chi connectivity index (χ4n) is 3.82. The van der Waals surface area contributed by atoms with E-state index in [4.69, 9.17) is 14.6 Å². The van der Waals surface area contributed by atoms with Crippen LogP contribution < -0.4 is 5.32 Å². The van der Waals surface area contributed by atoms with Crippen LogP contribution in [0.15, 0.2) is 78.9 Å². The molecule has 1 fully saturated rings. The lowest BCUT2D eigenvalue weighted by Gasteiger charge is -2.36. The van der Waals surface area contributed by atoms with Gasteiger partial charge >= 0.3 is 0 Å². The van der Waals surface area contributed by atoms with E-state index in [1.54, 1.807) is 23.9 Å². The number of anilines is 1. The molecule has 1 amide bonds. The Morgan fingerprint density at radius 3 is 2.29 bits per heavy atom. The highest BCUT2D eigenvalue weighted by Crippen LogP contribution is 2.39. The van der Waals surface area contributed by atoms with Crippen molar-refractivity contribution in [1.29, 1.82) is 0 Å². The van der Waals surface area contributed by atoms with E-state index >= 15 is 0 Å². The van der Waals surface area contributed by atoms with Crippen LogP contribution in [0.25, 0.3) is 0 Å². The van der Waals surface area contributed by atoms with Crippen LogP contribution in [0.3, 0.4) is 0 Å². The van der Waals surface area contributed by atoms with Gasteiger partial charge in [0.2, 0.25) is 0 Å². The first kappa shape index (κ1) is 24.4. The van der Waals surface area contributed by atoms with Crippen LogP contribution in [0.5, 0.6) is 0 Å². The molecule has 3 N–H and O–H groups in total. The molecule has 0 aliphatic carbocycles. The van der Waals surface area contributed by atoms with E-state index in [9.17, 15) is 9.90 Å². The van der Waals surface area contributed by atoms with Gasteiger partial charge in [-0.15, -0.1) is 0 Å². The van der Waals surface area contributed by atoms with Gasteiger partial charge in [0.25, 0.3) is 5.91 Å². The molecule has 1 aliphatic heterocycles. The van der Waals surface area contributed by atoms with Gasteiger partial charge in [-0.2, -0.15) is 11.8 Å². The summed E-state index contributed by atoms with van der Waals surface area (Å²) >= 11 is 1.66. The molecule has 0 spiro atoms. The summed E-state index contributed by atoms with van der Waals surface area (Å²) in [6.07, 6.45) is -0.0210.